The van der Waals surface area contributed by atoms with E-state index in [0.717, 1.165) is 53.6 Å². The molecule has 34 heavy (non-hydrogen) atoms. The Kier molecular flexibility index (Phi) is 11.4. The Morgan fingerprint density at radius 2 is 1.12 bits per heavy atom. The molecular formula is C29H34ClN3O. The number of hydrogen-bond donors (Lipinski definition) is 0. The lowest BCUT2D eigenvalue weighted by Crippen LogP contribution is -1.97. The molecule has 0 saturated carbocycles. The van der Waals surface area contributed by atoms with E-state index in [4.69, 9.17) is 21.6 Å². The summed E-state index contributed by atoms with van der Waals surface area (Å²) in [5.74, 6) is 1.69. The molecule has 0 N–H and O–H groups in total. The smallest absolute Gasteiger partial charge is 0.119 e. The van der Waals surface area contributed by atoms with Crippen molar-refractivity contribution in [3.8, 4) is 34.3 Å². The zero-order valence-corrected chi connectivity index (χ0v) is 20.6. The standard InChI is InChI=1S/C29H34ClN3O/c30-19-9-7-5-3-1-2-4-6-8-10-20-34-27-17-15-26(16-18-27)29-23-32-28(22-33-29)25-13-11-24(21-31)12-14-25/h11-18,22-23H,1-10,19-20H2. The maximum Gasteiger partial charge on any atom is 0.119 e. The van der Waals surface area contributed by atoms with Gasteiger partial charge in [0.2, 0.25) is 0 Å². The highest BCUT2D eigenvalue weighted by Crippen LogP contribution is 2.23. The molecule has 0 aliphatic heterocycles. The number of benzene rings is 2. The Morgan fingerprint density at radius 1 is 0.647 bits per heavy atom. The largest absolute Gasteiger partial charge is 0.494 e. The molecule has 5 heteroatoms. The van der Waals surface area contributed by atoms with Crippen LogP contribution < -0.4 is 4.74 Å². The van der Waals surface area contributed by atoms with Gasteiger partial charge >= 0.3 is 0 Å². The predicted molar refractivity (Wildman–Crippen MR) is 140 cm³/mol. The van der Waals surface area contributed by atoms with Gasteiger partial charge in [-0.15, -0.1) is 11.6 Å². The Morgan fingerprint density at radius 3 is 1.59 bits per heavy atom. The third kappa shape index (κ3) is 8.80. The highest BCUT2D eigenvalue weighted by atomic mass is 35.5. The van der Waals surface area contributed by atoms with Gasteiger partial charge in [-0.05, 0) is 49.2 Å². The van der Waals surface area contributed by atoms with Crippen molar-refractivity contribution in [2.75, 3.05) is 12.5 Å². The first-order chi connectivity index (χ1) is 16.8. The molecule has 0 unspecified atom stereocenters. The van der Waals surface area contributed by atoms with E-state index in [0.29, 0.717) is 5.56 Å². The highest BCUT2D eigenvalue weighted by Gasteiger charge is 2.04. The molecule has 1 aromatic heterocycles. The fourth-order valence-corrected chi connectivity index (χ4v) is 4.05. The fraction of sp³-hybridized carbons (Fsp3) is 0.414. The molecule has 178 valence electrons. The normalized spacial score (nSPS) is 10.7. The van der Waals surface area contributed by atoms with E-state index in [1.54, 1.807) is 24.5 Å². The number of unbranched alkanes of at least 4 members (excludes halogenated alkanes) is 9. The molecule has 3 rings (SSSR count). The zero-order chi connectivity index (χ0) is 23.8. The monoisotopic (exact) mass is 475 g/mol. The lowest BCUT2D eigenvalue weighted by atomic mass is 10.1. The van der Waals surface area contributed by atoms with Crippen molar-refractivity contribution in [1.29, 1.82) is 5.26 Å². The molecule has 1 heterocycles. The summed E-state index contributed by atoms with van der Waals surface area (Å²) in [4.78, 5) is 9.09. The lowest BCUT2D eigenvalue weighted by molar-refractivity contribution is 0.304. The van der Waals surface area contributed by atoms with E-state index >= 15 is 0 Å². The highest BCUT2D eigenvalue weighted by molar-refractivity contribution is 6.17. The van der Waals surface area contributed by atoms with Crippen LogP contribution in [0.4, 0.5) is 0 Å². The molecule has 0 atom stereocenters. The van der Waals surface area contributed by atoms with Gasteiger partial charge in [0.15, 0.2) is 0 Å². The molecule has 0 radical (unpaired) electrons. The number of nitrogens with zero attached hydrogens (tertiary/aromatic N) is 3. The van der Waals surface area contributed by atoms with Gasteiger partial charge in [-0.3, -0.25) is 9.97 Å². The van der Waals surface area contributed by atoms with Crippen molar-refractivity contribution in [2.45, 2.75) is 64.2 Å². The van der Waals surface area contributed by atoms with Crippen molar-refractivity contribution < 1.29 is 4.74 Å². The van der Waals surface area contributed by atoms with Crippen LogP contribution in [-0.2, 0) is 0 Å². The Bertz CT molecular complexity index is 996. The van der Waals surface area contributed by atoms with Crippen LogP contribution in [0.1, 0.15) is 69.8 Å². The first kappa shape index (κ1) is 25.7. The fourth-order valence-electron chi connectivity index (χ4n) is 3.86. The summed E-state index contributed by atoms with van der Waals surface area (Å²) in [6, 6.07) is 17.5. The molecular weight excluding hydrogens is 442 g/mol. The van der Waals surface area contributed by atoms with Crippen LogP contribution >= 0.6 is 11.6 Å². The summed E-state index contributed by atoms with van der Waals surface area (Å²) in [5.41, 5.74) is 4.20. The first-order valence-corrected chi connectivity index (χ1v) is 13.0. The number of hydrogen-bond acceptors (Lipinski definition) is 4. The Hall–Kier alpha value is -2.90. The van der Waals surface area contributed by atoms with Gasteiger partial charge < -0.3 is 4.74 Å². The van der Waals surface area contributed by atoms with Gasteiger partial charge in [-0.1, -0.05) is 63.5 Å². The maximum atomic E-state index is 8.93. The Labute approximate surface area is 209 Å². The van der Waals surface area contributed by atoms with Crippen LogP contribution in [0.15, 0.2) is 60.9 Å². The van der Waals surface area contributed by atoms with E-state index in [1.165, 1.54) is 51.4 Å². The lowest BCUT2D eigenvalue weighted by Gasteiger charge is -2.08. The van der Waals surface area contributed by atoms with Gasteiger partial charge in [-0.25, -0.2) is 0 Å². The van der Waals surface area contributed by atoms with Gasteiger partial charge in [0, 0.05) is 17.0 Å². The summed E-state index contributed by atoms with van der Waals surface area (Å²) in [5, 5.41) is 8.93. The second-order valence-corrected chi connectivity index (χ2v) is 8.95. The number of halogens is 1. The molecule has 2 aromatic carbocycles. The third-order valence-corrected chi connectivity index (χ3v) is 6.18. The van der Waals surface area contributed by atoms with Crippen molar-refractivity contribution in [3.63, 3.8) is 0 Å². The average Bonchev–Trinajstić information content (AvgIpc) is 2.90. The number of rotatable bonds is 15. The number of aromatic nitrogens is 2. The summed E-state index contributed by atoms with van der Waals surface area (Å²) in [7, 11) is 0. The van der Waals surface area contributed by atoms with E-state index in [-0.39, 0.29) is 0 Å². The number of nitriles is 1. The van der Waals surface area contributed by atoms with E-state index < -0.39 is 0 Å². The minimum atomic E-state index is 0.635. The molecule has 0 fully saturated rings. The zero-order valence-electron chi connectivity index (χ0n) is 19.9. The van der Waals surface area contributed by atoms with E-state index in [9.17, 15) is 0 Å². The van der Waals surface area contributed by atoms with Crippen LogP contribution in [0.25, 0.3) is 22.5 Å². The maximum absolute atomic E-state index is 8.93. The van der Waals surface area contributed by atoms with Crippen molar-refractivity contribution in [1.82, 2.24) is 9.97 Å². The predicted octanol–water partition coefficient (Wildman–Crippen LogP) is 8.20. The molecule has 0 spiro atoms. The molecule has 3 aromatic rings. The summed E-state index contributed by atoms with van der Waals surface area (Å²) in [6.07, 6.45) is 16.3. The van der Waals surface area contributed by atoms with Crippen molar-refractivity contribution in [3.05, 3.63) is 66.5 Å². The molecule has 0 saturated heterocycles. The van der Waals surface area contributed by atoms with Crippen molar-refractivity contribution >= 4 is 11.6 Å². The topological polar surface area (TPSA) is 58.8 Å². The van der Waals surface area contributed by atoms with Gasteiger partial charge in [0.25, 0.3) is 0 Å². The molecule has 0 amide bonds. The average molecular weight is 476 g/mol. The Balaban J connectivity index is 1.33. The molecule has 0 bridgehead atoms. The molecule has 0 aliphatic carbocycles. The minimum absolute atomic E-state index is 0.635. The van der Waals surface area contributed by atoms with Crippen molar-refractivity contribution in [2.24, 2.45) is 0 Å². The van der Waals surface area contributed by atoms with Crippen LogP contribution in [0, 0.1) is 11.3 Å². The second-order valence-electron chi connectivity index (χ2n) is 8.57. The second kappa shape index (κ2) is 15.1. The molecule has 4 nitrogen and oxygen atoms in total. The summed E-state index contributed by atoms with van der Waals surface area (Å²) in [6.45, 7) is 0.761. The number of alkyl halides is 1. The van der Waals surface area contributed by atoms with Crippen LogP contribution in [0.3, 0.4) is 0 Å². The first-order valence-electron chi connectivity index (χ1n) is 12.4. The van der Waals surface area contributed by atoms with Crippen LogP contribution in [0.2, 0.25) is 0 Å². The third-order valence-electron chi connectivity index (χ3n) is 5.91. The minimum Gasteiger partial charge on any atom is -0.494 e. The van der Waals surface area contributed by atoms with Gasteiger partial charge in [0.1, 0.15) is 5.75 Å². The van der Waals surface area contributed by atoms with Gasteiger partial charge in [-0.2, -0.15) is 5.26 Å². The van der Waals surface area contributed by atoms with Crippen LogP contribution in [0.5, 0.6) is 5.75 Å². The molecule has 0 aliphatic rings. The van der Waals surface area contributed by atoms with Crippen LogP contribution in [-0.4, -0.2) is 22.5 Å². The summed E-state index contributed by atoms with van der Waals surface area (Å²) < 4.78 is 5.91. The quantitative estimate of drug-likeness (QED) is 0.164. The summed E-state index contributed by atoms with van der Waals surface area (Å²) >= 11 is 5.70. The SMILES string of the molecule is N#Cc1ccc(-c2cnc(-c3ccc(OCCCCCCCCCCCCCl)cc3)cn2)cc1. The number of ether oxygens (including phenoxy) is 1. The van der Waals surface area contributed by atoms with E-state index in [1.807, 2.05) is 36.4 Å². The van der Waals surface area contributed by atoms with E-state index in [2.05, 4.69) is 16.0 Å². The van der Waals surface area contributed by atoms with Gasteiger partial charge in [0.05, 0.1) is 42.0 Å².